The van der Waals surface area contributed by atoms with Crippen molar-refractivity contribution in [2.75, 3.05) is 5.21 Å². The average Bonchev–Trinajstić information content (AvgIpc) is 2.28. The van der Waals surface area contributed by atoms with Gasteiger partial charge in [0.05, 0.1) is 5.21 Å². The smallest absolute Gasteiger partial charge is 0.170 e. The molecule has 2 nitrogen and oxygen atoms in total. The van der Waals surface area contributed by atoms with Gasteiger partial charge in [0.25, 0.3) is 0 Å². The van der Waals surface area contributed by atoms with Gasteiger partial charge in [-0.3, -0.25) is 0 Å². The van der Waals surface area contributed by atoms with Crippen molar-refractivity contribution in [3.05, 3.63) is 35.9 Å². The second kappa shape index (κ2) is 7.63. The normalized spacial score (nSPS) is 11.1. The van der Waals surface area contributed by atoms with E-state index in [4.69, 9.17) is 16.9 Å². The zero-order valence-corrected chi connectivity index (χ0v) is 10.3. The van der Waals surface area contributed by atoms with Gasteiger partial charge in [-0.2, -0.15) is 10.3 Å². The molecule has 1 aromatic carbocycles. The molecule has 0 heterocycles. The summed E-state index contributed by atoms with van der Waals surface area (Å²) in [5.41, 5.74) is 1.21. The van der Waals surface area contributed by atoms with Crippen LogP contribution < -0.4 is 0 Å². The SMILES string of the molecule is N#CN=C(SCCl)SCc1ccccc1. The molecule has 0 aliphatic carbocycles. The molecular weight excluding hydrogens is 248 g/mol. The fraction of sp³-hybridized carbons (Fsp3) is 0.200. The van der Waals surface area contributed by atoms with Crippen molar-refractivity contribution >= 4 is 39.5 Å². The lowest BCUT2D eigenvalue weighted by Crippen LogP contribution is -1.87. The third kappa shape index (κ3) is 5.12. The van der Waals surface area contributed by atoms with Crippen LogP contribution in [0.15, 0.2) is 35.3 Å². The highest BCUT2D eigenvalue weighted by atomic mass is 35.5. The highest BCUT2D eigenvalue weighted by Crippen LogP contribution is 2.22. The number of nitriles is 1. The topological polar surface area (TPSA) is 36.1 Å². The minimum Gasteiger partial charge on any atom is -0.170 e. The van der Waals surface area contributed by atoms with E-state index in [1.54, 1.807) is 6.19 Å². The van der Waals surface area contributed by atoms with Crippen LogP contribution in [0.2, 0.25) is 0 Å². The van der Waals surface area contributed by atoms with E-state index in [0.29, 0.717) is 5.21 Å². The molecule has 0 fully saturated rings. The molecule has 0 saturated heterocycles. The molecule has 0 aromatic heterocycles. The molecule has 0 radical (unpaired) electrons. The summed E-state index contributed by atoms with van der Waals surface area (Å²) >= 11 is 8.48. The Morgan fingerprint density at radius 2 is 2.07 bits per heavy atom. The van der Waals surface area contributed by atoms with E-state index in [9.17, 15) is 0 Å². The second-order valence-corrected chi connectivity index (χ2v) is 5.28. The monoisotopic (exact) mass is 256 g/mol. The Hall–Kier alpha value is -0.630. The summed E-state index contributed by atoms with van der Waals surface area (Å²) < 4.78 is 0.719. The van der Waals surface area contributed by atoms with Gasteiger partial charge in [-0.15, -0.1) is 11.6 Å². The Morgan fingerprint density at radius 1 is 1.33 bits per heavy atom. The number of nitrogens with zero attached hydrogens (tertiary/aromatic N) is 2. The molecule has 1 rings (SSSR count). The molecule has 0 atom stereocenters. The van der Waals surface area contributed by atoms with Crippen LogP contribution >= 0.6 is 35.1 Å². The number of alkyl halides is 1. The largest absolute Gasteiger partial charge is 0.207 e. The highest BCUT2D eigenvalue weighted by molar-refractivity contribution is 8.38. The van der Waals surface area contributed by atoms with E-state index in [1.165, 1.54) is 29.1 Å². The van der Waals surface area contributed by atoms with Crippen LogP contribution in [-0.2, 0) is 5.75 Å². The predicted octanol–water partition coefficient (Wildman–Crippen LogP) is 3.69. The predicted molar refractivity (Wildman–Crippen MR) is 69.1 cm³/mol. The van der Waals surface area contributed by atoms with E-state index in [-0.39, 0.29) is 0 Å². The first-order valence-electron chi connectivity index (χ1n) is 4.19. The van der Waals surface area contributed by atoms with E-state index in [1.807, 2.05) is 30.3 Å². The third-order valence-corrected chi connectivity index (χ3v) is 3.82. The van der Waals surface area contributed by atoms with Crippen molar-refractivity contribution in [3.63, 3.8) is 0 Å². The van der Waals surface area contributed by atoms with Crippen molar-refractivity contribution in [2.45, 2.75) is 5.75 Å². The molecule has 0 N–H and O–H groups in total. The maximum atomic E-state index is 8.45. The maximum absolute atomic E-state index is 8.45. The molecule has 0 unspecified atom stereocenters. The van der Waals surface area contributed by atoms with Gasteiger partial charge in [0.15, 0.2) is 0 Å². The van der Waals surface area contributed by atoms with Crippen molar-refractivity contribution < 1.29 is 0 Å². The molecule has 0 bridgehead atoms. The van der Waals surface area contributed by atoms with E-state index in [2.05, 4.69) is 4.99 Å². The summed E-state index contributed by atoms with van der Waals surface area (Å²) in [5, 5.41) is 8.87. The van der Waals surface area contributed by atoms with Crippen molar-refractivity contribution in [1.82, 2.24) is 0 Å². The lowest BCUT2D eigenvalue weighted by Gasteiger charge is -2.01. The van der Waals surface area contributed by atoms with Crippen LogP contribution in [0, 0.1) is 11.5 Å². The Labute approximate surface area is 103 Å². The molecule has 1 aromatic rings. The minimum absolute atomic E-state index is 0.419. The molecule has 0 aliphatic rings. The number of benzene rings is 1. The van der Waals surface area contributed by atoms with Crippen LogP contribution in [0.3, 0.4) is 0 Å². The third-order valence-electron chi connectivity index (χ3n) is 1.52. The average molecular weight is 257 g/mol. The quantitative estimate of drug-likeness (QED) is 0.358. The number of thioether (sulfide) groups is 2. The fourth-order valence-electron chi connectivity index (χ4n) is 0.913. The summed E-state index contributed by atoms with van der Waals surface area (Å²) in [5.74, 6) is 0.811. The van der Waals surface area contributed by atoms with Crippen LogP contribution in [0.25, 0.3) is 0 Å². The summed E-state index contributed by atoms with van der Waals surface area (Å²) in [7, 11) is 0. The molecule has 0 spiro atoms. The maximum Gasteiger partial charge on any atom is 0.207 e. The van der Waals surface area contributed by atoms with Crippen molar-refractivity contribution in [2.24, 2.45) is 4.99 Å². The van der Waals surface area contributed by atoms with Crippen LogP contribution in [0.4, 0.5) is 0 Å². The Bertz CT molecular complexity index is 359. The van der Waals surface area contributed by atoms with E-state index >= 15 is 0 Å². The lowest BCUT2D eigenvalue weighted by atomic mass is 10.2. The molecule has 15 heavy (non-hydrogen) atoms. The summed E-state index contributed by atoms with van der Waals surface area (Å²) in [4.78, 5) is 3.69. The van der Waals surface area contributed by atoms with Gasteiger partial charge in [-0.05, 0) is 5.56 Å². The van der Waals surface area contributed by atoms with Gasteiger partial charge in [-0.25, -0.2) is 0 Å². The van der Waals surface area contributed by atoms with Crippen molar-refractivity contribution in [3.8, 4) is 6.19 Å². The van der Waals surface area contributed by atoms with Crippen LogP contribution in [0.5, 0.6) is 0 Å². The number of halogens is 1. The van der Waals surface area contributed by atoms with Gasteiger partial charge < -0.3 is 0 Å². The molecule has 0 amide bonds. The Morgan fingerprint density at radius 3 is 2.67 bits per heavy atom. The Balaban J connectivity index is 2.48. The van der Waals surface area contributed by atoms with E-state index in [0.717, 1.165) is 10.1 Å². The second-order valence-electron chi connectivity index (χ2n) is 2.51. The zero-order chi connectivity index (χ0) is 10.9. The fourth-order valence-corrected chi connectivity index (χ4v) is 2.89. The number of rotatable bonds is 3. The molecular formula is C10H9ClN2S2. The van der Waals surface area contributed by atoms with Crippen LogP contribution in [-0.4, -0.2) is 9.59 Å². The zero-order valence-electron chi connectivity index (χ0n) is 7.89. The highest BCUT2D eigenvalue weighted by Gasteiger charge is 2.01. The first-order chi connectivity index (χ1) is 7.36. The minimum atomic E-state index is 0.419. The first-order valence-corrected chi connectivity index (χ1v) is 6.69. The number of hydrogen-bond donors (Lipinski definition) is 0. The summed E-state index contributed by atoms with van der Waals surface area (Å²) in [6.07, 6.45) is 1.78. The van der Waals surface area contributed by atoms with Crippen LogP contribution in [0.1, 0.15) is 5.56 Å². The first kappa shape index (κ1) is 12.4. The summed E-state index contributed by atoms with van der Waals surface area (Å²) in [6.45, 7) is 0. The van der Waals surface area contributed by atoms with Gasteiger partial charge in [-0.1, -0.05) is 53.9 Å². The van der Waals surface area contributed by atoms with E-state index < -0.39 is 0 Å². The number of hydrogen-bond acceptors (Lipinski definition) is 4. The lowest BCUT2D eigenvalue weighted by molar-refractivity contribution is 1.42. The number of aliphatic imine (C=N–C) groups is 1. The van der Waals surface area contributed by atoms with Gasteiger partial charge in [0.1, 0.15) is 4.38 Å². The molecule has 0 saturated carbocycles. The van der Waals surface area contributed by atoms with Gasteiger partial charge in [0, 0.05) is 5.75 Å². The van der Waals surface area contributed by atoms with Gasteiger partial charge >= 0.3 is 0 Å². The van der Waals surface area contributed by atoms with Gasteiger partial charge in [0.2, 0.25) is 6.19 Å². The molecule has 5 heteroatoms. The van der Waals surface area contributed by atoms with Crippen molar-refractivity contribution in [1.29, 1.82) is 5.26 Å². The molecule has 78 valence electrons. The standard InChI is InChI=1S/C10H9ClN2S2/c11-7-15-10(13-8-12)14-6-9-4-2-1-3-5-9/h1-5H,6-7H2. The molecule has 0 aliphatic heterocycles. The Kier molecular flexibility index (Phi) is 6.33. The summed E-state index contributed by atoms with van der Waals surface area (Å²) in [6, 6.07) is 10.0.